The van der Waals surface area contributed by atoms with Crippen LogP contribution in [0.1, 0.15) is 5.56 Å². The minimum Gasteiger partial charge on any atom is -0.432 e. The molecule has 0 saturated carbocycles. The van der Waals surface area contributed by atoms with Crippen LogP contribution >= 0.6 is 15.9 Å². The lowest BCUT2D eigenvalue weighted by Crippen LogP contribution is -1.86. The van der Waals surface area contributed by atoms with Crippen LogP contribution in [-0.4, -0.2) is 9.97 Å². The second kappa shape index (κ2) is 9.33. The Kier molecular flexibility index (Phi) is 5.92. The molecule has 0 bridgehead atoms. The molecule has 0 amide bonds. The standard InChI is InChI=1S/C14H9N3O.C13H9BrN2O/c15-7-9-3-1-5-11-10(9)4-2-6-12(11)13-8-18-14(16)17-13;14-11-6-2-3-8-9(11)4-1-5-10(8)12-7-17-13(15)16-12/h1-6,8H,(H2,16,17);1-7H,(H2,15,16). The molecule has 0 aliphatic carbocycles. The minimum absolute atomic E-state index is 0.137. The summed E-state index contributed by atoms with van der Waals surface area (Å²) >= 11 is 3.54. The first kappa shape index (κ1) is 22.2. The minimum atomic E-state index is 0.137. The van der Waals surface area contributed by atoms with Gasteiger partial charge in [0.05, 0.1) is 11.6 Å². The molecule has 0 aliphatic rings. The van der Waals surface area contributed by atoms with Crippen molar-refractivity contribution in [3.8, 4) is 28.6 Å². The summed E-state index contributed by atoms with van der Waals surface area (Å²) in [5, 5.41) is 13.2. The molecule has 6 rings (SSSR count). The van der Waals surface area contributed by atoms with E-state index < -0.39 is 0 Å². The Balaban J connectivity index is 0.000000145. The fraction of sp³-hybridized carbons (Fsp3) is 0. The maximum Gasteiger partial charge on any atom is 0.292 e. The Bertz CT molecular complexity index is 1710. The fourth-order valence-corrected chi connectivity index (χ4v) is 4.45. The zero-order valence-electron chi connectivity index (χ0n) is 18.3. The third-order valence-corrected chi connectivity index (χ3v) is 6.20. The Labute approximate surface area is 208 Å². The number of hydrogen-bond acceptors (Lipinski definition) is 7. The van der Waals surface area contributed by atoms with Crippen LogP contribution in [0.3, 0.4) is 0 Å². The molecule has 4 N–H and O–H groups in total. The van der Waals surface area contributed by atoms with Crippen LogP contribution < -0.4 is 11.5 Å². The van der Waals surface area contributed by atoms with E-state index in [9.17, 15) is 0 Å². The zero-order valence-corrected chi connectivity index (χ0v) is 19.9. The van der Waals surface area contributed by atoms with Crippen LogP contribution in [0.15, 0.2) is 98.6 Å². The van der Waals surface area contributed by atoms with Crippen molar-refractivity contribution in [1.29, 1.82) is 5.26 Å². The van der Waals surface area contributed by atoms with Gasteiger partial charge in [-0.1, -0.05) is 76.6 Å². The molecule has 0 atom stereocenters. The zero-order chi connectivity index (χ0) is 24.4. The number of rotatable bonds is 2. The molecule has 7 nitrogen and oxygen atoms in total. The second-order valence-corrected chi connectivity index (χ2v) is 8.45. The molecule has 2 heterocycles. The van der Waals surface area contributed by atoms with Crippen molar-refractivity contribution in [2.75, 3.05) is 11.5 Å². The van der Waals surface area contributed by atoms with Gasteiger partial charge >= 0.3 is 0 Å². The van der Waals surface area contributed by atoms with Crippen molar-refractivity contribution in [3.05, 3.63) is 95.4 Å². The highest BCUT2D eigenvalue weighted by molar-refractivity contribution is 9.10. The van der Waals surface area contributed by atoms with Crippen LogP contribution in [0.4, 0.5) is 12.0 Å². The number of nitriles is 1. The lowest BCUT2D eigenvalue weighted by atomic mass is 9.99. The van der Waals surface area contributed by atoms with Gasteiger partial charge in [0.15, 0.2) is 0 Å². The number of benzene rings is 4. The van der Waals surface area contributed by atoms with E-state index in [2.05, 4.69) is 44.1 Å². The van der Waals surface area contributed by atoms with Crippen molar-refractivity contribution in [2.24, 2.45) is 0 Å². The lowest BCUT2D eigenvalue weighted by molar-refractivity contribution is 0.580. The first-order valence-electron chi connectivity index (χ1n) is 10.6. The van der Waals surface area contributed by atoms with Crippen molar-refractivity contribution in [1.82, 2.24) is 9.97 Å². The topological polar surface area (TPSA) is 128 Å². The third-order valence-electron chi connectivity index (χ3n) is 5.51. The van der Waals surface area contributed by atoms with E-state index >= 15 is 0 Å². The monoisotopic (exact) mass is 523 g/mol. The largest absolute Gasteiger partial charge is 0.432 e. The van der Waals surface area contributed by atoms with Crippen molar-refractivity contribution >= 4 is 49.5 Å². The van der Waals surface area contributed by atoms with E-state index in [1.165, 1.54) is 6.26 Å². The molecule has 0 spiro atoms. The summed E-state index contributed by atoms with van der Waals surface area (Å²) in [6, 6.07) is 26.0. The Morgan fingerprint density at radius 2 is 1.14 bits per heavy atom. The number of hydrogen-bond donors (Lipinski definition) is 2. The predicted octanol–water partition coefficient (Wildman–Crippen LogP) is 6.79. The van der Waals surface area contributed by atoms with Gasteiger partial charge in [-0.3, -0.25) is 0 Å². The van der Waals surface area contributed by atoms with Gasteiger partial charge in [0.2, 0.25) is 0 Å². The predicted molar refractivity (Wildman–Crippen MR) is 140 cm³/mol. The molecule has 6 aromatic rings. The highest BCUT2D eigenvalue weighted by Gasteiger charge is 2.10. The maximum absolute atomic E-state index is 9.10. The van der Waals surface area contributed by atoms with Crippen molar-refractivity contribution in [2.45, 2.75) is 0 Å². The van der Waals surface area contributed by atoms with E-state index in [0.29, 0.717) is 11.3 Å². The van der Waals surface area contributed by atoms with Gasteiger partial charge in [-0.05, 0) is 28.3 Å². The Morgan fingerprint density at radius 1 is 0.657 bits per heavy atom. The summed E-state index contributed by atoms with van der Waals surface area (Å²) < 4.78 is 11.1. The second-order valence-electron chi connectivity index (χ2n) is 7.60. The lowest BCUT2D eigenvalue weighted by Gasteiger charge is -2.04. The SMILES string of the molecule is N#Cc1cccc2c(-c3coc(N)n3)cccc12.Nc1nc(-c2cccc3c(Br)cccc23)co1. The molecular weight excluding hydrogens is 506 g/mol. The number of anilines is 2. The van der Waals surface area contributed by atoms with Crippen LogP contribution in [0.5, 0.6) is 0 Å². The summed E-state index contributed by atoms with van der Waals surface area (Å²) in [5.41, 5.74) is 15.0. The molecule has 0 saturated heterocycles. The molecule has 0 aliphatic heterocycles. The number of nitrogens with two attached hydrogens (primary N) is 2. The first-order valence-corrected chi connectivity index (χ1v) is 11.4. The number of fused-ring (bicyclic) bond motifs is 2. The fourth-order valence-electron chi connectivity index (χ4n) is 3.95. The smallest absolute Gasteiger partial charge is 0.292 e. The number of oxazole rings is 2. The van der Waals surface area contributed by atoms with Crippen molar-refractivity contribution in [3.63, 3.8) is 0 Å². The van der Waals surface area contributed by atoms with E-state index in [0.717, 1.165) is 42.8 Å². The number of aromatic nitrogens is 2. The molecule has 0 unspecified atom stereocenters. The Morgan fingerprint density at radius 3 is 1.69 bits per heavy atom. The van der Waals surface area contributed by atoms with Gasteiger partial charge in [0.1, 0.15) is 23.9 Å². The van der Waals surface area contributed by atoms with Crippen LogP contribution in [0.25, 0.3) is 44.1 Å². The number of nitrogens with zero attached hydrogens (tertiary/aromatic N) is 3. The normalized spacial score (nSPS) is 10.6. The Hall–Kier alpha value is -4.61. The molecule has 0 radical (unpaired) electrons. The average Bonchev–Trinajstić information content (AvgIpc) is 3.51. The summed E-state index contributed by atoms with van der Waals surface area (Å²) in [6.07, 6.45) is 3.09. The van der Waals surface area contributed by atoms with E-state index in [-0.39, 0.29) is 12.0 Å². The highest BCUT2D eigenvalue weighted by Crippen LogP contribution is 2.32. The molecule has 4 aromatic carbocycles. The maximum atomic E-state index is 9.10. The van der Waals surface area contributed by atoms with E-state index in [1.807, 2.05) is 54.6 Å². The quantitative estimate of drug-likeness (QED) is 0.255. The van der Waals surface area contributed by atoms with Gasteiger partial charge in [-0.25, -0.2) is 0 Å². The van der Waals surface area contributed by atoms with Crippen LogP contribution in [-0.2, 0) is 0 Å². The molecule has 2 aromatic heterocycles. The number of halogens is 1. The average molecular weight is 524 g/mol. The summed E-state index contributed by atoms with van der Waals surface area (Å²) in [7, 11) is 0. The van der Waals surface area contributed by atoms with Gasteiger partial charge in [0, 0.05) is 21.0 Å². The summed E-state index contributed by atoms with van der Waals surface area (Å²) in [4.78, 5) is 8.27. The molecule has 8 heteroatoms. The van der Waals surface area contributed by atoms with Gasteiger partial charge < -0.3 is 20.3 Å². The summed E-state index contributed by atoms with van der Waals surface area (Å²) in [5.74, 6) is 0. The van der Waals surface area contributed by atoms with Gasteiger partial charge in [0.25, 0.3) is 12.0 Å². The molecule has 35 heavy (non-hydrogen) atoms. The van der Waals surface area contributed by atoms with Gasteiger partial charge in [-0.2, -0.15) is 15.2 Å². The highest BCUT2D eigenvalue weighted by atomic mass is 79.9. The third kappa shape index (κ3) is 4.33. The van der Waals surface area contributed by atoms with E-state index in [1.54, 1.807) is 12.3 Å². The number of nitrogen functional groups attached to an aromatic ring is 2. The van der Waals surface area contributed by atoms with Crippen LogP contribution in [0.2, 0.25) is 0 Å². The van der Waals surface area contributed by atoms with E-state index in [4.69, 9.17) is 25.6 Å². The molecular formula is C27H18BrN5O2. The van der Waals surface area contributed by atoms with Crippen molar-refractivity contribution < 1.29 is 8.83 Å². The molecule has 170 valence electrons. The first-order chi connectivity index (χ1) is 17.0. The van der Waals surface area contributed by atoms with Gasteiger partial charge in [-0.15, -0.1) is 0 Å². The summed E-state index contributed by atoms with van der Waals surface area (Å²) in [6.45, 7) is 0. The van der Waals surface area contributed by atoms with Crippen LogP contribution in [0, 0.1) is 11.3 Å². The molecule has 0 fully saturated rings.